The van der Waals surface area contributed by atoms with Gasteiger partial charge in [0.1, 0.15) is 12.1 Å². The predicted octanol–water partition coefficient (Wildman–Crippen LogP) is 4.07. The van der Waals surface area contributed by atoms with E-state index in [1.54, 1.807) is 0 Å². The highest BCUT2D eigenvalue weighted by Gasteiger charge is 2.35. The molecule has 28 heavy (non-hydrogen) atoms. The summed E-state index contributed by atoms with van der Waals surface area (Å²) in [4.78, 5) is 26.4. The van der Waals surface area contributed by atoms with Crippen molar-refractivity contribution in [2.75, 3.05) is 13.2 Å². The van der Waals surface area contributed by atoms with Gasteiger partial charge >= 0.3 is 12.1 Å². The molecule has 0 spiro atoms. The van der Waals surface area contributed by atoms with Crippen LogP contribution in [0.25, 0.3) is 21.6 Å². The molecular weight excluding hydrogens is 360 g/mol. The number of nitrogens with one attached hydrogen (secondary N) is 1. The molecule has 0 fully saturated rings. The van der Waals surface area contributed by atoms with Gasteiger partial charge < -0.3 is 15.2 Å². The number of nitrogens with zero attached hydrogens (tertiary/aromatic N) is 3. The van der Waals surface area contributed by atoms with E-state index in [1.807, 2.05) is 48.5 Å². The number of ether oxygens (including phenoxy) is 1. The van der Waals surface area contributed by atoms with E-state index < -0.39 is 17.6 Å². The minimum atomic E-state index is -1.59. The Bertz CT molecular complexity index is 909. The zero-order valence-corrected chi connectivity index (χ0v) is 15.3. The highest BCUT2D eigenvalue weighted by atomic mass is 16.5. The van der Waals surface area contributed by atoms with Crippen LogP contribution < -0.4 is 5.32 Å². The summed E-state index contributed by atoms with van der Waals surface area (Å²) < 4.78 is 5.38. The van der Waals surface area contributed by atoms with Crippen molar-refractivity contribution >= 4 is 12.1 Å². The molecule has 1 atom stereocenters. The number of carbonyl (C=O) groups excluding carboxylic acids is 1. The first-order valence-electron chi connectivity index (χ1n) is 8.83. The van der Waals surface area contributed by atoms with Gasteiger partial charge in [-0.2, -0.15) is 0 Å². The summed E-state index contributed by atoms with van der Waals surface area (Å²) in [5.74, 6) is -1.34. The van der Waals surface area contributed by atoms with E-state index in [4.69, 9.17) is 10.3 Å². The molecule has 8 heteroatoms. The second kappa shape index (κ2) is 8.02. The van der Waals surface area contributed by atoms with E-state index in [-0.39, 0.29) is 25.5 Å². The average Bonchev–Trinajstić information content (AvgIpc) is 3.00. The predicted molar refractivity (Wildman–Crippen MR) is 103 cm³/mol. The number of aliphatic carboxylic acids is 1. The lowest BCUT2D eigenvalue weighted by atomic mass is 9.98. The summed E-state index contributed by atoms with van der Waals surface area (Å²) in [6.45, 7) is 1.39. The Labute approximate surface area is 161 Å². The molecule has 0 aromatic heterocycles. The summed E-state index contributed by atoms with van der Waals surface area (Å²) in [6.07, 6.45) is -0.871. The first kappa shape index (κ1) is 19.3. The Morgan fingerprint density at radius 2 is 1.75 bits per heavy atom. The molecule has 0 saturated carbocycles. The molecule has 1 aliphatic rings. The monoisotopic (exact) mass is 380 g/mol. The first-order valence-corrected chi connectivity index (χ1v) is 8.83. The van der Waals surface area contributed by atoms with E-state index in [0.717, 1.165) is 22.3 Å². The van der Waals surface area contributed by atoms with Gasteiger partial charge in [0.05, 0.1) is 0 Å². The second-order valence-electron chi connectivity index (χ2n) is 6.79. The van der Waals surface area contributed by atoms with Crippen molar-refractivity contribution in [2.24, 2.45) is 5.11 Å². The molecule has 0 radical (unpaired) electrons. The maximum atomic E-state index is 12.3. The van der Waals surface area contributed by atoms with Crippen molar-refractivity contribution in [3.8, 4) is 11.1 Å². The molecule has 1 amide bonds. The van der Waals surface area contributed by atoms with Gasteiger partial charge in [-0.05, 0) is 41.1 Å². The third-order valence-electron chi connectivity index (χ3n) is 4.97. The molecule has 0 bridgehead atoms. The zero-order valence-electron chi connectivity index (χ0n) is 15.3. The molecule has 144 valence electrons. The molecule has 2 N–H and O–H groups in total. The lowest BCUT2D eigenvalue weighted by molar-refractivity contribution is -0.144. The molecule has 0 unspecified atom stereocenters. The van der Waals surface area contributed by atoms with E-state index in [2.05, 4.69) is 15.3 Å². The van der Waals surface area contributed by atoms with Crippen LogP contribution in [0.5, 0.6) is 0 Å². The number of benzene rings is 2. The number of azide groups is 1. The van der Waals surface area contributed by atoms with Crippen LogP contribution in [-0.2, 0) is 9.53 Å². The molecule has 8 nitrogen and oxygen atoms in total. The number of fused-ring (bicyclic) bond motifs is 3. The van der Waals surface area contributed by atoms with Crippen LogP contribution in [0, 0.1) is 0 Å². The molecule has 0 saturated heterocycles. The second-order valence-corrected chi connectivity index (χ2v) is 6.79. The third kappa shape index (κ3) is 3.77. The normalized spacial score (nSPS) is 14.2. The number of carbonyl (C=O) groups is 2. The van der Waals surface area contributed by atoms with E-state index in [9.17, 15) is 14.7 Å². The van der Waals surface area contributed by atoms with Gasteiger partial charge in [0, 0.05) is 17.4 Å². The highest BCUT2D eigenvalue weighted by molar-refractivity contribution is 5.84. The van der Waals surface area contributed by atoms with E-state index in [1.165, 1.54) is 6.92 Å². The molecule has 2 aromatic rings. The van der Waals surface area contributed by atoms with Crippen LogP contribution in [0.4, 0.5) is 4.79 Å². The SMILES string of the molecule is C[C@@](CCN=[N+]=[N-])(NC(=O)OCC1c2ccccc2-c2ccccc21)C(=O)O. The Morgan fingerprint density at radius 3 is 2.29 bits per heavy atom. The average molecular weight is 380 g/mol. The van der Waals surface area contributed by atoms with Gasteiger partial charge in [-0.15, -0.1) is 0 Å². The quantitative estimate of drug-likeness (QED) is 0.427. The fourth-order valence-electron chi connectivity index (χ4n) is 3.40. The number of carboxylic acid groups (broad SMARTS) is 1. The minimum Gasteiger partial charge on any atom is -0.480 e. The number of rotatable bonds is 7. The van der Waals surface area contributed by atoms with Crippen LogP contribution in [-0.4, -0.2) is 35.9 Å². The summed E-state index contributed by atoms with van der Waals surface area (Å²) in [5, 5.41) is 15.1. The Hall–Kier alpha value is -3.51. The van der Waals surface area contributed by atoms with Crippen LogP contribution in [0.15, 0.2) is 53.6 Å². The zero-order chi connectivity index (χ0) is 20.1. The number of hydrogen-bond acceptors (Lipinski definition) is 4. The molecule has 0 heterocycles. The van der Waals surface area contributed by atoms with Crippen molar-refractivity contribution in [3.63, 3.8) is 0 Å². The van der Waals surface area contributed by atoms with Crippen LogP contribution in [0.3, 0.4) is 0 Å². The standard InChI is InChI=1S/C20H20N4O4/c1-20(18(25)26,10-11-22-24-21)23-19(27)28-12-17-15-8-4-2-6-13(15)14-7-3-5-9-16(14)17/h2-9,17H,10-12H2,1H3,(H,23,27)(H,25,26)/t20-/m0/s1. The lowest BCUT2D eigenvalue weighted by Gasteiger charge is -2.25. The van der Waals surface area contributed by atoms with Gasteiger partial charge in [-0.1, -0.05) is 53.6 Å². The maximum Gasteiger partial charge on any atom is 0.408 e. The van der Waals surface area contributed by atoms with Gasteiger partial charge in [0.25, 0.3) is 0 Å². The lowest BCUT2D eigenvalue weighted by Crippen LogP contribution is -2.52. The minimum absolute atomic E-state index is 0.0451. The fourth-order valence-corrected chi connectivity index (χ4v) is 3.40. The molecule has 2 aromatic carbocycles. The van der Waals surface area contributed by atoms with Crippen molar-refractivity contribution in [3.05, 3.63) is 70.1 Å². The summed E-state index contributed by atoms with van der Waals surface area (Å²) in [6, 6.07) is 15.9. The van der Waals surface area contributed by atoms with Gasteiger partial charge in [-0.25, -0.2) is 9.59 Å². The molecular formula is C20H20N4O4. The Kier molecular flexibility index (Phi) is 5.52. The van der Waals surface area contributed by atoms with Crippen molar-refractivity contribution in [1.82, 2.24) is 5.32 Å². The summed E-state index contributed by atoms with van der Waals surface area (Å²) in [7, 11) is 0. The molecule has 1 aliphatic carbocycles. The number of hydrogen-bond donors (Lipinski definition) is 2. The molecule has 0 aliphatic heterocycles. The number of carboxylic acids is 1. The van der Waals surface area contributed by atoms with E-state index >= 15 is 0 Å². The van der Waals surface area contributed by atoms with Crippen molar-refractivity contribution in [2.45, 2.75) is 24.8 Å². The van der Waals surface area contributed by atoms with Crippen molar-refractivity contribution < 1.29 is 19.4 Å². The Balaban J connectivity index is 1.71. The Morgan fingerprint density at radius 1 is 1.18 bits per heavy atom. The van der Waals surface area contributed by atoms with E-state index in [0.29, 0.717) is 0 Å². The van der Waals surface area contributed by atoms with Crippen molar-refractivity contribution in [1.29, 1.82) is 0 Å². The summed E-state index contributed by atoms with van der Waals surface area (Å²) >= 11 is 0. The largest absolute Gasteiger partial charge is 0.480 e. The van der Waals surface area contributed by atoms with Gasteiger partial charge in [0.15, 0.2) is 0 Å². The van der Waals surface area contributed by atoms with Crippen LogP contribution in [0.1, 0.15) is 30.4 Å². The van der Waals surface area contributed by atoms with Crippen LogP contribution in [0.2, 0.25) is 0 Å². The topological polar surface area (TPSA) is 124 Å². The van der Waals surface area contributed by atoms with Crippen LogP contribution >= 0.6 is 0 Å². The first-order chi connectivity index (χ1) is 13.5. The number of amides is 1. The summed E-state index contributed by atoms with van der Waals surface area (Å²) in [5.41, 5.74) is 11.1. The maximum absolute atomic E-state index is 12.3. The van der Waals surface area contributed by atoms with Gasteiger partial charge in [0.2, 0.25) is 0 Å². The van der Waals surface area contributed by atoms with Gasteiger partial charge in [-0.3, -0.25) is 0 Å². The fraction of sp³-hybridized carbons (Fsp3) is 0.300. The number of alkyl carbamates (subject to hydrolysis) is 1. The highest BCUT2D eigenvalue weighted by Crippen LogP contribution is 2.44. The third-order valence-corrected chi connectivity index (χ3v) is 4.97. The molecule has 3 rings (SSSR count). The smallest absolute Gasteiger partial charge is 0.408 e.